The molecule has 0 unspecified atom stereocenters. The van der Waals surface area contributed by atoms with Crippen molar-refractivity contribution in [2.75, 3.05) is 6.61 Å². The highest BCUT2D eigenvalue weighted by Crippen LogP contribution is 2.16. The van der Waals surface area contributed by atoms with Gasteiger partial charge in [-0.05, 0) is 31.0 Å². The number of carbonyl (C=O) groups is 2. The minimum absolute atomic E-state index is 0.00286. The molecule has 1 aromatic heterocycles. The Morgan fingerprint density at radius 1 is 0.857 bits per heavy atom. The Labute approximate surface area is 203 Å². The zero-order chi connectivity index (χ0) is 24.8. The van der Waals surface area contributed by atoms with E-state index in [9.17, 15) is 14.4 Å². The van der Waals surface area contributed by atoms with E-state index >= 15 is 0 Å². The van der Waals surface area contributed by atoms with Gasteiger partial charge in [0.25, 0.3) is 11.5 Å². The fourth-order valence-corrected chi connectivity index (χ4v) is 3.87. The van der Waals surface area contributed by atoms with Crippen LogP contribution in [0.25, 0.3) is 10.8 Å². The molecule has 4 aromatic rings. The molecule has 0 spiro atoms. The monoisotopic (exact) mass is 469 g/mol. The number of nitrogens with zero attached hydrogens (tertiary/aromatic N) is 3. The summed E-state index contributed by atoms with van der Waals surface area (Å²) in [4.78, 5) is 40.6. The second kappa shape index (κ2) is 10.8. The Morgan fingerprint density at radius 3 is 2.06 bits per heavy atom. The van der Waals surface area contributed by atoms with Crippen LogP contribution in [0, 0.1) is 0 Å². The summed E-state index contributed by atoms with van der Waals surface area (Å²) in [6.07, 6.45) is 0. The van der Waals surface area contributed by atoms with Gasteiger partial charge in [-0.3, -0.25) is 9.59 Å². The fraction of sp³-hybridized carbons (Fsp3) is 0.214. The number of fused-ring (bicyclic) bond motifs is 1. The lowest BCUT2D eigenvalue weighted by Crippen LogP contribution is -2.39. The highest BCUT2D eigenvalue weighted by Gasteiger charge is 2.22. The van der Waals surface area contributed by atoms with Crippen LogP contribution in [0.4, 0.5) is 0 Å². The predicted molar refractivity (Wildman–Crippen MR) is 134 cm³/mol. The van der Waals surface area contributed by atoms with Crippen LogP contribution in [-0.4, -0.2) is 39.2 Å². The van der Waals surface area contributed by atoms with Gasteiger partial charge in [-0.25, -0.2) is 9.48 Å². The van der Waals surface area contributed by atoms with Gasteiger partial charge in [-0.2, -0.15) is 5.10 Å². The number of benzene rings is 3. The van der Waals surface area contributed by atoms with Gasteiger partial charge in [-0.1, -0.05) is 78.9 Å². The summed E-state index contributed by atoms with van der Waals surface area (Å²) in [5.74, 6) is -1.06. The predicted octanol–water partition coefficient (Wildman–Crippen LogP) is 4.04. The van der Waals surface area contributed by atoms with Gasteiger partial charge in [0.15, 0.2) is 12.3 Å². The topological polar surface area (TPSA) is 81.5 Å². The van der Waals surface area contributed by atoms with E-state index in [1.54, 1.807) is 29.2 Å². The molecule has 0 aliphatic carbocycles. The van der Waals surface area contributed by atoms with E-state index in [4.69, 9.17) is 4.74 Å². The SMILES string of the molecule is CC(C)N(Cc1ccccc1)C(=O)COC(=O)c1nn(Cc2ccccc2)c(=O)c2ccccc12. The average molecular weight is 470 g/mol. The molecule has 3 aromatic carbocycles. The van der Waals surface area contributed by atoms with Gasteiger partial charge in [0.1, 0.15) is 0 Å². The maximum atomic E-state index is 13.1. The molecule has 0 saturated carbocycles. The zero-order valence-corrected chi connectivity index (χ0v) is 19.8. The van der Waals surface area contributed by atoms with Gasteiger partial charge in [0.05, 0.1) is 11.9 Å². The molecule has 0 bridgehead atoms. The van der Waals surface area contributed by atoms with Crippen LogP contribution in [0.5, 0.6) is 0 Å². The first-order valence-corrected chi connectivity index (χ1v) is 11.5. The van der Waals surface area contributed by atoms with Crippen LogP contribution in [0.3, 0.4) is 0 Å². The number of hydrogen-bond donors (Lipinski definition) is 0. The van der Waals surface area contributed by atoms with Crippen LogP contribution in [-0.2, 0) is 22.6 Å². The molecule has 7 nitrogen and oxygen atoms in total. The third-order valence-corrected chi connectivity index (χ3v) is 5.70. The number of esters is 1. The van der Waals surface area contributed by atoms with E-state index in [2.05, 4.69) is 5.10 Å². The van der Waals surface area contributed by atoms with Crippen molar-refractivity contribution in [1.82, 2.24) is 14.7 Å². The summed E-state index contributed by atoms with van der Waals surface area (Å²) in [6.45, 7) is 4.03. The number of amides is 1. The number of hydrogen-bond acceptors (Lipinski definition) is 5. The third kappa shape index (κ3) is 5.63. The van der Waals surface area contributed by atoms with Crippen molar-refractivity contribution in [2.24, 2.45) is 0 Å². The molecule has 0 fully saturated rings. The summed E-state index contributed by atoms with van der Waals surface area (Å²) >= 11 is 0. The molecule has 0 aliphatic heterocycles. The van der Waals surface area contributed by atoms with Crippen LogP contribution < -0.4 is 5.56 Å². The molecule has 0 N–H and O–H groups in total. The van der Waals surface area contributed by atoms with Crippen molar-refractivity contribution in [2.45, 2.75) is 33.0 Å². The van der Waals surface area contributed by atoms with Crippen molar-refractivity contribution < 1.29 is 14.3 Å². The largest absolute Gasteiger partial charge is 0.451 e. The Bertz CT molecular complexity index is 1380. The maximum Gasteiger partial charge on any atom is 0.359 e. The van der Waals surface area contributed by atoms with Gasteiger partial charge in [0.2, 0.25) is 0 Å². The summed E-state index contributed by atoms with van der Waals surface area (Å²) in [7, 11) is 0. The lowest BCUT2D eigenvalue weighted by Gasteiger charge is -2.26. The Kier molecular flexibility index (Phi) is 7.35. The molecule has 0 atom stereocenters. The maximum absolute atomic E-state index is 13.1. The minimum atomic E-state index is -0.750. The first kappa shape index (κ1) is 23.9. The normalized spacial score (nSPS) is 10.9. The van der Waals surface area contributed by atoms with Crippen LogP contribution in [0.15, 0.2) is 89.7 Å². The van der Waals surface area contributed by atoms with Crippen molar-refractivity contribution in [1.29, 1.82) is 0 Å². The quantitative estimate of drug-likeness (QED) is 0.364. The van der Waals surface area contributed by atoms with E-state index in [1.165, 1.54) is 4.68 Å². The summed E-state index contributed by atoms with van der Waals surface area (Å²) in [6, 6.07) is 25.7. The molecule has 1 heterocycles. The number of ether oxygens (including phenoxy) is 1. The van der Waals surface area contributed by atoms with Crippen molar-refractivity contribution in [3.05, 3.63) is 112 Å². The van der Waals surface area contributed by atoms with Gasteiger partial charge in [0, 0.05) is 18.0 Å². The first-order chi connectivity index (χ1) is 16.9. The van der Waals surface area contributed by atoms with Crippen LogP contribution >= 0.6 is 0 Å². The summed E-state index contributed by atoms with van der Waals surface area (Å²) in [5, 5.41) is 5.08. The molecule has 35 heavy (non-hydrogen) atoms. The lowest BCUT2D eigenvalue weighted by atomic mass is 10.1. The van der Waals surface area contributed by atoms with E-state index in [0.29, 0.717) is 17.3 Å². The van der Waals surface area contributed by atoms with E-state index in [1.807, 2.05) is 74.5 Å². The second-order valence-electron chi connectivity index (χ2n) is 8.52. The van der Waals surface area contributed by atoms with Crippen LogP contribution in [0.1, 0.15) is 35.5 Å². The smallest absolute Gasteiger partial charge is 0.359 e. The highest BCUT2D eigenvalue weighted by molar-refractivity contribution is 6.02. The lowest BCUT2D eigenvalue weighted by molar-refractivity contribution is -0.136. The first-order valence-electron chi connectivity index (χ1n) is 11.5. The Morgan fingerprint density at radius 2 is 1.43 bits per heavy atom. The Balaban J connectivity index is 1.56. The van der Waals surface area contributed by atoms with Gasteiger partial charge in [-0.15, -0.1) is 0 Å². The van der Waals surface area contributed by atoms with Crippen molar-refractivity contribution in [3.8, 4) is 0 Å². The summed E-state index contributed by atoms with van der Waals surface area (Å²) in [5.41, 5.74) is 1.57. The van der Waals surface area contributed by atoms with Crippen molar-refractivity contribution >= 4 is 22.6 Å². The minimum Gasteiger partial charge on any atom is -0.451 e. The van der Waals surface area contributed by atoms with Gasteiger partial charge < -0.3 is 9.64 Å². The molecule has 1 amide bonds. The molecular formula is C28H27N3O4. The zero-order valence-electron chi connectivity index (χ0n) is 19.8. The van der Waals surface area contributed by atoms with E-state index < -0.39 is 12.6 Å². The van der Waals surface area contributed by atoms with E-state index in [-0.39, 0.29) is 29.7 Å². The Hall–Kier alpha value is -4.26. The molecule has 178 valence electrons. The molecule has 0 saturated heterocycles. The fourth-order valence-electron chi connectivity index (χ4n) is 3.87. The molecule has 7 heteroatoms. The van der Waals surface area contributed by atoms with E-state index in [0.717, 1.165) is 11.1 Å². The summed E-state index contributed by atoms with van der Waals surface area (Å²) < 4.78 is 6.66. The highest BCUT2D eigenvalue weighted by atomic mass is 16.5. The van der Waals surface area contributed by atoms with Crippen LogP contribution in [0.2, 0.25) is 0 Å². The number of aromatic nitrogens is 2. The molecule has 0 aliphatic rings. The number of carbonyl (C=O) groups excluding carboxylic acids is 2. The van der Waals surface area contributed by atoms with Crippen molar-refractivity contribution in [3.63, 3.8) is 0 Å². The molecule has 4 rings (SSSR count). The molecule has 0 radical (unpaired) electrons. The molecular weight excluding hydrogens is 442 g/mol. The average Bonchev–Trinajstić information content (AvgIpc) is 2.88. The number of rotatable bonds is 8. The van der Waals surface area contributed by atoms with Gasteiger partial charge >= 0.3 is 5.97 Å². The third-order valence-electron chi connectivity index (χ3n) is 5.70. The second-order valence-corrected chi connectivity index (χ2v) is 8.52. The standard InChI is InChI=1S/C28H27N3O4/c1-20(2)30(17-21-11-5-3-6-12-21)25(32)19-35-28(34)26-23-15-9-10-16-24(23)27(33)31(29-26)18-22-13-7-4-8-14-22/h3-16,20H,17-19H2,1-2H3.